The molecule has 0 aromatic heterocycles. The van der Waals surface area contributed by atoms with E-state index in [4.69, 9.17) is 23.2 Å². The molecule has 1 aliphatic heterocycles. The first kappa shape index (κ1) is 16.7. The minimum absolute atomic E-state index is 0.125. The maximum absolute atomic E-state index is 12.8. The molecule has 2 nitrogen and oxygen atoms in total. The number of thioether (sulfide) groups is 1. The molecule has 0 saturated carbocycles. The molecule has 23 heavy (non-hydrogen) atoms. The Morgan fingerprint density at radius 2 is 1.74 bits per heavy atom. The summed E-state index contributed by atoms with van der Waals surface area (Å²) >= 11 is 13.8. The quantitative estimate of drug-likeness (QED) is 0.708. The van der Waals surface area contributed by atoms with Crippen LogP contribution in [0.3, 0.4) is 0 Å². The average molecular weight is 366 g/mol. The second-order valence-corrected chi connectivity index (χ2v) is 7.75. The van der Waals surface area contributed by atoms with Gasteiger partial charge in [0.1, 0.15) is 0 Å². The van der Waals surface area contributed by atoms with Crippen LogP contribution in [0.1, 0.15) is 18.1 Å². The molecule has 0 unspecified atom stereocenters. The largest absolute Gasteiger partial charge is 0.337 e. The minimum atomic E-state index is -0.224. The van der Waals surface area contributed by atoms with E-state index in [-0.39, 0.29) is 11.2 Å². The van der Waals surface area contributed by atoms with Crippen molar-refractivity contribution in [2.45, 2.75) is 30.0 Å². The van der Waals surface area contributed by atoms with Crippen molar-refractivity contribution in [1.82, 2.24) is 4.90 Å². The topological polar surface area (TPSA) is 20.3 Å². The summed E-state index contributed by atoms with van der Waals surface area (Å²) < 4.78 is 0. The lowest BCUT2D eigenvalue weighted by atomic mass is 10.00. The van der Waals surface area contributed by atoms with E-state index in [2.05, 4.69) is 12.1 Å². The molecule has 5 heteroatoms. The SMILES string of the molecule is C[C@@H](Sc1c(Cl)cccc1Cl)C(=O)N1CCc2ccccc2C1. The number of hydrogen-bond donors (Lipinski definition) is 0. The zero-order valence-electron chi connectivity index (χ0n) is 12.8. The Labute approximate surface area is 150 Å². The van der Waals surface area contributed by atoms with Crippen molar-refractivity contribution in [1.29, 1.82) is 0 Å². The van der Waals surface area contributed by atoms with Gasteiger partial charge in [-0.05, 0) is 36.6 Å². The van der Waals surface area contributed by atoms with Crippen LogP contribution >= 0.6 is 35.0 Å². The molecule has 0 N–H and O–H groups in total. The first-order chi connectivity index (χ1) is 11.1. The van der Waals surface area contributed by atoms with E-state index in [1.54, 1.807) is 12.1 Å². The van der Waals surface area contributed by atoms with E-state index in [1.165, 1.54) is 22.9 Å². The molecule has 1 amide bonds. The van der Waals surface area contributed by atoms with Gasteiger partial charge in [-0.2, -0.15) is 0 Å². The average Bonchev–Trinajstić information content (AvgIpc) is 2.57. The van der Waals surface area contributed by atoms with Crippen molar-refractivity contribution in [2.75, 3.05) is 6.54 Å². The third-order valence-corrected chi connectivity index (χ3v) is 6.09. The van der Waals surface area contributed by atoms with Crippen LogP contribution in [0, 0.1) is 0 Å². The van der Waals surface area contributed by atoms with E-state index in [0.29, 0.717) is 16.6 Å². The summed E-state index contributed by atoms with van der Waals surface area (Å²) in [6.07, 6.45) is 0.909. The second-order valence-electron chi connectivity index (χ2n) is 5.59. The molecule has 1 atom stereocenters. The van der Waals surface area contributed by atoms with E-state index < -0.39 is 0 Å². The number of nitrogens with zero attached hydrogens (tertiary/aromatic N) is 1. The standard InChI is InChI=1S/C18H17Cl2NOS/c1-12(23-17-15(19)7-4-8-16(17)20)18(22)21-10-9-13-5-2-3-6-14(13)11-21/h2-8,12H,9-11H2,1H3/t12-/m1/s1. The maximum atomic E-state index is 12.8. The molecule has 0 radical (unpaired) electrons. The van der Waals surface area contributed by atoms with Crippen molar-refractivity contribution >= 4 is 40.9 Å². The Morgan fingerprint density at radius 3 is 2.43 bits per heavy atom. The van der Waals surface area contributed by atoms with Crippen LogP contribution in [0.15, 0.2) is 47.4 Å². The number of carbonyl (C=O) groups excluding carboxylic acids is 1. The van der Waals surface area contributed by atoms with Crippen LogP contribution in [0.2, 0.25) is 10.0 Å². The first-order valence-corrected chi connectivity index (χ1v) is 9.16. The molecule has 3 rings (SSSR count). The smallest absolute Gasteiger partial charge is 0.236 e. The third-order valence-electron chi connectivity index (χ3n) is 4.00. The van der Waals surface area contributed by atoms with Crippen molar-refractivity contribution in [3.63, 3.8) is 0 Å². The molecule has 120 valence electrons. The van der Waals surface area contributed by atoms with Crippen molar-refractivity contribution in [3.05, 3.63) is 63.6 Å². The summed E-state index contributed by atoms with van der Waals surface area (Å²) in [5.41, 5.74) is 2.58. The number of amides is 1. The van der Waals surface area contributed by atoms with Gasteiger partial charge in [0, 0.05) is 18.0 Å². The Hall–Kier alpha value is -1.16. The lowest BCUT2D eigenvalue weighted by Gasteiger charge is -2.31. The highest BCUT2D eigenvalue weighted by atomic mass is 35.5. The molecular formula is C18H17Cl2NOS. The number of benzene rings is 2. The van der Waals surface area contributed by atoms with Gasteiger partial charge >= 0.3 is 0 Å². The predicted octanol–water partition coefficient (Wildman–Crippen LogP) is 5.06. The Bertz CT molecular complexity index is 714. The third kappa shape index (κ3) is 3.68. The molecule has 0 saturated heterocycles. The summed E-state index contributed by atoms with van der Waals surface area (Å²) in [7, 11) is 0. The number of hydrogen-bond acceptors (Lipinski definition) is 2. The molecule has 1 heterocycles. The summed E-state index contributed by atoms with van der Waals surface area (Å²) in [4.78, 5) is 15.4. The van der Waals surface area contributed by atoms with Crippen LogP contribution in [0.25, 0.3) is 0 Å². The van der Waals surface area contributed by atoms with Gasteiger partial charge in [-0.1, -0.05) is 53.5 Å². The maximum Gasteiger partial charge on any atom is 0.236 e. The van der Waals surface area contributed by atoms with Gasteiger partial charge < -0.3 is 4.90 Å². The zero-order valence-corrected chi connectivity index (χ0v) is 15.1. The minimum Gasteiger partial charge on any atom is -0.337 e. The van der Waals surface area contributed by atoms with Crippen LogP contribution < -0.4 is 0 Å². The fourth-order valence-corrected chi connectivity index (χ4v) is 4.39. The van der Waals surface area contributed by atoms with E-state index >= 15 is 0 Å². The molecule has 0 fully saturated rings. The van der Waals surface area contributed by atoms with Gasteiger partial charge in [0.2, 0.25) is 5.91 Å². The Balaban J connectivity index is 1.71. The zero-order chi connectivity index (χ0) is 16.4. The van der Waals surface area contributed by atoms with Crippen molar-refractivity contribution < 1.29 is 4.79 Å². The summed E-state index contributed by atoms with van der Waals surface area (Å²) in [6.45, 7) is 3.35. The highest BCUT2D eigenvalue weighted by Crippen LogP contribution is 2.37. The van der Waals surface area contributed by atoms with Crippen molar-refractivity contribution in [2.24, 2.45) is 0 Å². The first-order valence-electron chi connectivity index (χ1n) is 7.52. The molecular weight excluding hydrogens is 349 g/mol. The highest BCUT2D eigenvalue weighted by molar-refractivity contribution is 8.00. The van der Waals surface area contributed by atoms with Gasteiger partial charge in [0.25, 0.3) is 0 Å². The number of halogens is 2. The molecule has 0 bridgehead atoms. The summed E-state index contributed by atoms with van der Waals surface area (Å²) in [5, 5.41) is 0.954. The van der Waals surface area contributed by atoms with Gasteiger partial charge in [-0.15, -0.1) is 11.8 Å². The fourth-order valence-electron chi connectivity index (χ4n) is 2.76. The predicted molar refractivity (Wildman–Crippen MR) is 97.3 cm³/mol. The van der Waals surface area contributed by atoms with E-state index in [0.717, 1.165) is 17.9 Å². The van der Waals surface area contributed by atoms with Crippen LogP contribution in [-0.2, 0) is 17.8 Å². The van der Waals surface area contributed by atoms with Crippen LogP contribution in [0.5, 0.6) is 0 Å². The van der Waals surface area contributed by atoms with Crippen LogP contribution in [-0.4, -0.2) is 22.6 Å². The van der Waals surface area contributed by atoms with Gasteiger partial charge in [-0.25, -0.2) is 0 Å². The lowest BCUT2D eigenvalue weighted by Crippen LogP contribution is -2.40. The molecule has 0 aliphatic carbocycles. The van der Waals surface area contributed by atoms with E-state index in [9.17, 15) is 4.79 Å². The molecule has 0 spiro atoms. The lowest BCUT2D eigenvalue weighted by molar-refractivity contribution is -0.131. The Kier molecular flexibility index (Phi) is 5.20. The Morgan fingerprint density at radius 1 is 1.09 bits per heavy atom. The normalized spacial score (nSPS) is 15.2. The monoisotopic (exact) mass is 365 g/mol. The van der Waals surface area contributed by atoms with Crippen LogP contribution in [0.4, 0.5) is 0 Å². The van der Waals surface area contributed by atoms with Gasteiger partial charge in [0.15, 0.2) is 0 Å². The number of fused-ring (bicyclic) bond motifs is 1. The number of carbonyl (C=O) groups is 1. The fraction of sp³-hybridized carbons (Fsp3) is 0.278. The molecule has 2 aromatic rings. The van der Waals surface area contributed by atoms with Gasteiger partial charge in [0.05, 0.1) is 15.3 Å². The highest BCUT2D eigenvalue weighted by Gasteiger charge is 2.26. The van der Waals surface area contributed by atoms with Crippen molar-refractivity contribution in [3.8, 4) is 0 Å². The number of rotatable bonds is 3. The molecule has 2 aromatic carbocycles. The molecule has 1 aliphatic rings. The summed E-state index contributed by atoms with van der Waals surface area (Å²) in [5.74, 6) is 0.125. The van der Waals surface area contributed by atoms with E-state index in [1.807, 2.05) is 30.0 Å². The summed E-state index contributed by atoms with van der Waals surface area (Å²) in [6, 6.07) is 13.7. The van der Waals surface area contributed by atoms with Gasteiger partial charge in [-0.3, -0.25) is 4.79 Å². The second kappa shape index (κ2) is 7.16.